The Morgan fingerprint density at radius 2 is 1.86 bits per heavy atom. The smallest absolute Gasteiger partial charge is 0.422 e. The highest BCUT2D eigenvalue weighted by Crippen LogP contribution is 2.22. The summed E-state index contributed by atoms with van der Waals surface area (Å²) in [6.07, 6.45) is -0.393. The van der Waals surface area contributed by atoms with E-state index in [0.29, 0.717) is 23.7 Å². The molecule has 0 aliphatic carbocycles. The second kappa shape index (κ2) is 6.40. The molecule has 0 saturated carbocycles. The Bertz CT molecular complexity index is 563. The number of hydrogen-bond acceptors (Lipinski definition) is 4. The van der Waals surface area contributed by atoms with Crippen LogP contribution in [0.4, 0.5) is 4.79 Å². The number of cyclic esters (lactones) is 1. The molecule has 0 aromatic heterocycles. The maximum Gasteiger partial charge on any atom is 0.422 e. The SMILES string of the molecule is COc1cc(C#CN2C(=O)OC[C@@H]2C(C)C)cc(OC)c1. The van der Waals surface area contributed by atoms with Gasteiger partial charge in [-0.25, -0.2) is 9.69 Å². The van der Waals surface area contributed by atoms with E-state index < -0.39 is 6.09 Å². The Labute approximate surface area is 124 Å². The lowest BCUT2D eigenvalue weighted by molar-refractivity contribution is 0.167. The van der Waals surface area contributed by atoms with Crippen LogP contribution in [0.3, 0.4) is 0 Å². The van der Waals surface area contributed by atoms with E-state index in [0.717, 1.165) is 0 Å². The van der Waals surface area contributed by atoms with E-state index in [1.54, 1.807) is 32.4 Å². The van der Waals surface area contributed by atoms with Crippen LogP contribution in [0.5, 0.6) is 11.5 Å². The van der Waals surface area contributed by atoms with Gasteiger partial charge in [0.25, 0.3) is 0 Å². The van der Waals surface area contributed by atoms with Gasteiger partial charge in [0.15, 0.2) is 0 Å². The molecule has 0 spiro atoms. The first-order valence-electron chi connectivity index (χ1n) is 6.76. The van der Waals surface area contributed by atoms with Crippen molar-refractivity contribution in [2.24, 2.45) is 5.92 Å². The number of methoxy groups -OCH3 is 2. The maximum atomic E-state index is 11.7. The zero-order valence-corrected chi connectivity index (χ0v) is 12.7. The molecule has 112 valence electrons. The molecule has 2 rings (SSSR count). The minimum Gasteiger partial charge on any atom is -0.497 e. The Kier molecular flexibility index (Phi) is 4.59. The molecule has 1 atom stereocenters. The fourth-order valence-electron chi connectivity index (χ4n) is 2.06. The normalized spacial score (nSPS) is 17.3. The van der Waals surface area contributed by atoms with Gasteiger partial charge in [-0.1, -0.05) is 13.8 Å². The molecule has 1 aromatic carbocycles. The van der Waals surface area contributed by atoms with Gasteiger partial charge in [0.2, 0.25) is 0 Å². The Balaban J connectivity index is 2.27. The predicted octanol–water partition coefficient (Wildman–Crippen LogP) is 2.49. The fourth-order valence-corrected chi connectivity index (χ4v) is 2.06. The summed E-state index contributed by atoms with van der Waals surface area (Å²) < 4.78 is 15.4. The van der Waals surface area contributed by atoms with Crippen molar-refractivity contribution in [2.75, 3.05) is 20.8 Å². The molecular formula is C16H19NO4. The van der Waals surface area contributed by atoms with Crippen LogP contribution in [-0.2, 0) is 4.74 Å². The first kappa shape index (κ1) is 15.0. The van der Waals surface area contributed by atoms with Gasteiger partial charge in [0.05, 0.1) is 20.3 Å². The molecule has 0 N–H and O–H groups in total. The predicted molar refractivity (Wildman–Crippen MR) is 78.2 cm³/mol. The van der Waals surface area contributed by atoms with Crippen molar-refractivity contribution < 1.29 is 19.0 Å². The lowest BCUT2D eigenvalue weighted by atomic mass is 10.1. The number of ether oxygens (including phenoxy) is 3. The molecule has 1 heterocycles. The van der Waals surface area contributed by atoms with Crippen LogP contribution in [0.15, 0.2) is 18.2 Å². The van der Waals surface area contributed by atoms with Gasteiger partial charge in [-0.15, -0.1) is 0 Å². The molecule has 0 unspecified atom stereocenters. The summed E-state index contributed by atoms with van der Waals surface area (Å²) in [6.45, 7) is 4.46. The Morgan fingerprint density at radius 1 is 1.24 bits per heavy atom. The van der Waals surface area contributed by atoms with Crippen molar-refractivity contribution in [2.45, 2.75) is 19.9 Å². The fraction of sp³-hybridized carbons (Fsp3) is 0.438. The zero-order chi connectivity index (χ0) is 15.4. The molecule has 5 nitrogen and oxygen atoms in total. The van der Waals surface area contributed by atoms with Crippen molar-refractivity contribution >= 4 is 6.09 Å². The molecule has 21 heavy (non-hydrogen) atoms. The third-order valence-electron chi connectivity index (χ3n) is 3.35. The molecule has 1 fully saturated rings. The number of amides is 1. The van der Waals surface area contributed by atoms with Gasteiger partial charge in [-0.2, -0.15) is 0 Å². The third kappa shape index (κ3) is 3.40. The van der Waals surface area contributed by atoms with Gasteiger partial charge in [-0.3, -0.25) is 0 Å². The van der Waals surface area contributed by atoms with Crippen molar-refractivity contribution in [3.8, 4) is 23.5 Å². The van der Waals surface area contributed by atoms with Crippen molar-refractivity contribution in [1.29, 1.82) is 0 Å². The van der Waals surface area contributed by atoms with Crippen LogP contribution in [0.25, 0.3) is 0 Å². The zero-order valence-electron chi connectivity index (χ0n) is 12.7. The summed E-state index contributed by atoms with van der Waals surface area (Å²) in [7, 11) is 3.16. The summed E-state index contributed by atoms with van der Waals surface area (Å²) in [5.41, 5.74) is 0.716. The second-order valence-corrected chi connectivity index (χ2v) is 5.10. The van der Waals surface area contributed by atoms with Crippen LogP contribution in [0.2, 0.25) is 0 Å². The summed E-state index contributed by atoms with van der Waals surface area (Å²) in [4.78, 5) is 13.2. The average molecular weight is 289 g/mol. The van der Waals surface area contributed by atoms with E-state index in [2.05, 4.69) is 12.0 Å². The highest BCUT2D eigenvalue weighted by molar-refractivity contribution is 5.72. The van der Waals surface area contributed by atoms with E-state index in [4.69, 9.17) is 14.2 Å². The maximum absolute atomic E-state index is 11.7. The first-order valence-corrected chi connectivity index (χ1v) is 6.76. The quantitative estimate of drug-likeness (QED) is 0.802. The van der Waals surface area contributed by atoms with Crippen LogP contribution in [0.1, 0.15) is 19.4 Å². The topological polar surface area (TPSA) is 48.0 Å². The summed E-state index contributed by atoms with van der Waals surface area (Å²) in [5.74, 6) is 4.56. The van der Waals surface area contributed by atoms with Gasteiger partial charge in [0, 0.05) is 17.7 Å². The van der Waals surface area contributed by atoms with E-state index in [1.165, 1.54) is 4.90 Å². The lowest BCUT2D eigenvalue weighted by Gasteiger charge is -2.17. The summed E-state index contributed by atoms with van der Waals surface area (Å²) in [6, 6.07) is 8.22. The molecule has 1 saturated heterocycles. The summed E-state index contributed by atoms with van der Waals surface area (Å²) >= 11 is 0. The average Bonchev–Trinajstić information content (AvgIpc) is 2.85. The lowest BCUT2D eigenvalue weighted by Crippen LogP contribution is -2.33. The Morgan fingerprint density at radius 3 is 2.38 bits per heavy atom. The number of rotatable bonds is 3. The standard InChI is InChI=1S/C16H19NO4/c1-11(2)15-10-21-16(18)17(15)6-5-12-7-13(19-3)9-14(8-12)20-4/h7-9,11,15H,10H2,1-4H3/t15-/m1/s1. The van der Waals surface area contributed by atoms with Crippen LogP contribution in [-0.4, -0.2) is 37.9 Å². The largest absolute Gasteiger partial charge is 0.497 e. The monoisotopic (exact) mass is 289 g/mol. The first-order chi connectivity index (χ1) is 10.0. The van der Waals surface area contributed by atoms with Crippen molar-refractivity contribution in [3.05, 3.63) is 23.8 Å². The highest BCUT2D eigenvalue weighted by Gasteiger charge is 2.34. The highest BCUT2D eigenvalue weighted by atomic mass is 16.6. The summed E-state index contributed by atoms with van der Waals surface area (Å²) in [5, 5.41) is 0. The number of carbonyl (C=O) groups excluding carboxylic acids is 1. The third-order valence-corrected chi connectivity index (χ3v) is 3.35. The molecule has 1 aliphatic rings. The number of carbonyl (C=O) groups is 1. The van der Waals surface area contributed by atoms with Crippen LogP contribution >= 0.6 is 0 Å². The molecule has 1 aromatic rings. The number of hydrogen-bond donors (Lipinski definition) is 0. The molecule has 1 aliphatic heterocycles. The molecule has 0 radical (unpaired) electrons. The van der Waals surface area contributed by atoms with Crippen LogP contribution < -0.4 is 9.47 Å². The number of benzene rings is 1. The van der Waals surface area contributed by atoms with E-state index in [9.17, 15) is 4.79 Å². The minimum absolute atomic E-state index is 0.0162. The molecular weight excluding hydrogens is 270 g/mol. The van der Waals surface area contributed by atoms with Crippen LogP contribution in [0, 0.1) is 17.9 Å². The van der Waals surface area contributed by atoms with Crippen molar-refractivity contribution in [3.63, 3.8) is 0 Å². The Hall–Kier alpha value is -2.35. The number of nitrogens with zero attached hydrogens (tertiary/aromatic N) is 1. The molecule has 5 heteroatoms. The van der Waals surface area contributed by atoms with Gasteiger partial charge in [0.1, 0.15) is 18.1 Å². The second-order valence-electron chi connectivity index (χ2n) is 5.10. The van der Waals surface area contributed by atoms with E-state index in [1.807, 2.05) is 13.8 Å². The van der Waals surface area contributed by atoms with Gasteiger partial charge < -0.3 is 14.2 Å². The van der Waals surface area contributed by atoms with E-state index in [-0.39, 0.29) is 12.0 Å². The van der Waals surface area contributed by atoms with Gasteiger partial charge in [-0.05, 0) is 24.0 Å². The molecule has 1 amide bonds. The van der Waals surface area contributed by atoms with Crippen molar-refractivity contribution in [1.82, 2.24) is 4.90 Å². The molecule has 0 bridgehead atoms. The minimum atomic E-state index is -0.393. The van der Waals surface area contributed by atoms with E-state index >= 15 is 0 Å². The van der Waals surface area contributed by atoms with Gasteiger partial charge >= 0.3 is 6.09 Å².